The van der Waals surface area contributed by atoms with Gasteiger partial charge in [0.25, 0.3) is 5.91 Å². The lowest BCUT2D eigenvalue weighted by molar-refractivity contribution is -0.127. The summed E-state index contributed by atoms with van der Waals surface area (Å²) in [6.07, 6.45) is 0.973. The lowest BCUT2D eigenvalue weighted by Crippen LogP contribution is -2.38. The van der Waals surface area contributed by atoms with Gasteiger partial charge in [0.2, 0.25) is 0 Å². The molecule has 1 aromatic heterocycles. The predicted molar refractivity (Wildman–Crippen MR) is 99.0 cm³/mol. The fourth-order valence-corrected chi connectivity index (χ4v) is 3.04. The normalized spacial score (nSPS) is 18.6. The van der Waals surface area contributed by atoms with E-state index in [0.717, 1.165) is 10.5 Å². The largest absolute Gasteiger partial charge is 0.467 e. The van der Waals surface area contributed by atoms with Gasteiger partial charge in [-0.3, -0.25) is 14.6 Å². The Morgan fingerprint density at radius 3 is 2.48 bits per heavy atom. The van der Waals surface area contributed by atoms with E-state index in [1.54, 1.807) is 42.7 Å². The Balaban J connectivity index is 1.75. The minimum absolute atomic E-state index is 0.0615. The lowest BCUT2D eigenvalue weighted by Gasteiger charge is -2.23. The lowest BCUT2D eigenvalue weighted by atomic mass is 9.99. The number of nitrogens with zero attached hydrogens (tertiary/aromatic N) is 2. The third kappa shape index (κ3) is 3.89. The predicted octanol–water partition coefficient (Wildman–Crippen LogP) is 2.95. The topological polar surface area (TPSA) is 83.2 Å². The molecular formula is C20H24N2O5. The number of aliphatic hydroxyl groups excluding tert-OH is 1. The maximum atomic E-state index is 12.6. The van der Waals surface area contributed by atoms with Crippen molar-refractivity contribution in [2.75, 3.05) is 18.6 Å². The van der Waals surface area contributed by atoms with Gasteiger partial charge in [0.05, 0.1) is 19.0 Å². The summed E-state index contributed by atoms with van der Waals surface area (Å²) in [7, 11) is 1.46. The number of anilines is 1. The first kappa shape index (κ1) is 19.1. The molecule has 1 N–H and O–H groups in total. The van der Waals surface area contributed by atoms with Crippen LogP contribution in [0.2, 0.25) is 0 Å². The molecule has 0 radical (unpaired) electrons. The SMILES string of the molecule is CC(C)C(O)c1ccc(N2C(=O)N(C)C(=O)C2COCc2ccco2)cc1. The van der Waals surface area contributed by atoms with Crippen LogP contribution in [-0.4, -0.2) is 41.6 Å². The maximum Gasteiger partial charge on any atom is 0.331 e. The van der Waals surface area contributed by atoms with Gasteiger partial charge in [0.15, 0.2) is 0 Å². The summed E-state index contributed by atoms with van der Waals surface area (Å²) < 4.78 is 10.8. The second-order valence-corrected chi connectivity index (χ2v) is 6.94. The molecule has 7 nitrogen and oxygen atoms in total. The van der Waals surface area contributed by atoms with Crippen LogP contribution in [0.25, 0.3) is 0 Å². The van der Waals surface area contributed by atoms with E-state index in [9.17, 15) is 14.7 Å². The maximum absolute atomic E-state index is 12.6. The molecule has 27 heavy (non-hydrogen) atoms. The molecule has 0 saturated carbocycles. The van der Waals surface area contributed by atoms with Crippen LogP contribution in [0.5, 0.6) is 0 Å². The number of benzene rings is 1. The summed E-state index contributed by atoms with van der Waals surface area (Å²) in [5, 5.41) is 10.2. The summed E-state index contributed by atoms with van der Waals surface area (Å²) in [6.45, 7) is 4.15. The minimum Gasteiger partial charge on any atom is -0.467 e. The number of likely N-dealkylation sites (N-methyl/N-ethyl adjacent to an activating group) is 1. The Bertz CT molecular complexity index is 785. The third-order valence-electron chi connectivity index (χ3n) is 4.66. The Hall–Kier alpha value is -2.64. The fourth-order valence-electron chi connectivity index (χ4n) is 3.04. The smallest absolute Gasteiger partial charge is 0.331 e. The van der Waals surface area contributed by atoms with Crippen LogP contribution in [0.1, 0.15) is 31.3 Å². The zero-order valence-corrected chi connectivity index (χ0v) is 15.7. The summed E-state index contributed by atoms with van der Waals surface area (Å²) >= 11 is 0. The van der Waals surface area contributed by atoms with E-state index in [4.69, 9.17) is 9.15 Å². The zero-order valence-electron chi connectivity index (χ0n) is 15.7. The number of imide groups is 1. The standard InChI is InChI=1S/C20H24N2O5/c1-13(2)18(23)14-6-8-15(9-7-14)22-17(19(24)21(3)20(22)25)12-26-11-16-5-4-10-27-16/h4-10,13,17-18,23H,11-12H2,1-3H3. The van der Waals surface area contributed by atoms with E-state index >= 15 is 0 Å². The van der Waals surface area contributed by atoms with Crippen molar-refractivity contribution in [3.05, 3.63) is 54.0 Å². The van der Waals surface area contributed by atoms with Crippen LogP contribution < -0.4 is 4.90 Å². The number of aliphatic hydroxyl groups is 1. The van der Waals surface area contributed by atoms with Gasteiger partial charge < -0.3 is 14.3 Å². The average molecular weight is 372 g/mol. The molecule has 1 fully saturated rings. The molecule has 1 saturated heterocycles. The molecule has 3 rings (SSSR count). The van der Waals surface area contributed by atoms with Crippen LogP contribution in [0, 0.1) is 5.92 Å². The van der Waals surface area contributed by atoms with Crippen molar-refractivity contribution in [3.8, 4) is 0 Å². The summed E-state index contributed by atoms with van der Waals surface area (Å²) in [4.78, 5) is 27.6. The van der Waals surface area contributed by atoms with Crippen molar-refractivity contribution >= 4 is 17.6 Å². The average Bonchev–Trinajstić information content (AvgIpc) is 3.25. The van der Waals surface area contributed by atoms with E-state index in [1.807, 2.05) is 13.8 Å². The van der Waals surface area contributed by atoms with Crippen LogP contribution in [0.3, 0.4) is 0 Å². The molecule has 2 aromatic rings. The molecule has 0 aliphatic carbocycles. The van der Waals surface area contributed by atoms with Crippen molar-refractivity contribution in [2.45, 2.75) is 32.6 Å². The summed E-state index contributed by atoms with van der Waals surface area (Å²) in [5.41, 5.74) is 1.36. The first-order valence-electron chi connectivity index (χ1n) is 8.89. The van der Waals surface area contributed by atoms with E-state index in [0.29, 0.717) is 11.4 Å². The van der Waals surface area contributed by atoms with Gasteiger partial charge in [-0.2, -0.15) is 0 Å². The van der Waals surface area contributed by atoms with E-state index in [-0.39, 0.29) is 25.0 Å². The zero-order chi connectivity index (χ0) is 19.6. The quantitative estimate of drug-likeness (QED) is 0.756. The van der Waals surface area contributed by atoms with Crippen LogP contribution in [0.15, 0.2) is 47.1 Å². The van der Waals surface area contributed by atoms with Crippen molar-refractivity contribution in [1.29, 1.82) is 0 Å². The number of amides is 3. The van der Waals surface area contributed by atoms with E-state index < -0.39 is 18.2 Å². The van der Waals surface area contributed by atoms with Gasteiger partial charge in [0.1, 0.15) is 18.4 Å². The monoisotopic (exact) mass is 372 g/mol. The molecular weight excluding hydrogens is 348 g/mol. The third-order valence-corrected chi connectivity index (χ3v) is 4.66. The Labute approximate surface area is 158 Å². The molecule has 0 bridgehead atoms. The molecule has 2 unspecified atom stereocenters. The van der Waals surface area contributed by atoms with Crippen molar-refractivity contribution in [1.82, 2.24) is 4.90 Å². The number of furan rings is 1. The highest BCUT2D eigenvalue weighted by Gasteiger charge is 2.44. The second-order valence-electron chi connectivity index (χ2n) is 6.94. The fraction of sp³-hybridized carbons (Fsp3) is 0.400. The number of urea groups is 1. The Morgan fingerprint density at radius 2 is 1.89 bits per heavy atom. The molecule has 0 spiro atoms. The first-order valence-corrected chi connectivity index (χ1v) is 8.89. The number of carbonyl (C=O) groups is 2. The molecule has 1 aromatic carbocycles. The number of ether oxygens (including phenoxy) is 1. The van der Waals surface area contributed by atoms with Gasteiger partial charge in [-0.25, -0.2) is 4.79 Å². The van der Waals surface area contributed by atoms with E-state index in [1.165, 1.54) is 11.9 Å². The first-order chi connectivity index (χ1) is 12.9. The number of hydrogen-bond acceptors (Lipinski definition) is 5. The van der Waals surface area contributed by atoms with Gasteiger partial charge in [-0.05, 0) is 35.7 Å². The molecule has 2 heterocycles. The van der Waals surface area contributed by atoms with Gasteiger partial charge >= 0.3 is 6.03 Å². The van der Waals surface area contributed by atoms with E-state index in [2.05, 4.69) is 0 Å². The molecule has 1 aliphatic heterocycles. The summed E-state index contributed by atoms with van der Waals surface area (Å²) in [5.74, 6) is 0.421. The molecule has 144 valence electrons. The van der Waals surface area contributed by atoms with Crippen molar-refractivity contribution < 1.29 is 23.8 Å². The number of carbonyl (C=O) groups excluding carboxylic acids is 2. The minimum atomic E-state index is -0.738. The number of rotatable bonds is 7. The van der Waals surface area contributed by atoms with Crippen LogP contribution in [-0.2, 0) is 16.1 Å². The highest BCUT2D eigenvalue weighted by molar-refractivity contribution is 6.14. The Kier molecular flexibility index (Phi) is 5.62. The van der Waals surface area contributed by atoms with Crippen LogP contribution >= 0.6 is 0 Å². The van der Waals surface area contributed by atoms with Crippen molar-refractivity contribution in [3.63, 3.8) is 0 Å². The van der Waals surface area contributed by atoms with Gasteiger partial charge in [-0.1, -0.05) is 26.0 Å². The van der Waals surface area contributed by atoms with Crippen molar-refractivity contribution in [2.24, 2.45) is 5.92 Å². The van der Waals surface area contributed by atoms with Gasteiger partial charge in [0, 0.05) is 12.7 Å². The number of hydrogen-bond donors (Lipinski definition) is 1. The molecule has 2 atom stereocenters. The van der Waals surface area contributed by atoms with Crippen LogP contribution in [0.4, 0.5) is 10.5 Å². The Morgan fingerprint density at radius 1 is 1.19 bits per heavy atom. The molecule has 1 aliphatic rings. The highest BCUT2D eigenvalue weighted by Crippen LogP contribution is 2.28. The highest BCUT2D eigenvalue weighted by atomic mass is 16.5. The molecule has 3 amide bonds. The van der Waals surface area contributed by atoms with Gasteiger partial charge in [-0.15, -0.1) is 0 Å². The second kappa shape index (κ2) is 7.94. The molecule has 7 heteroatoms. The summed E-state index contributed by atoms with van der Waals surface area (Å²) in [6, 6.07) is 9.44.